The van der Waals surface area contributed by atoms with Gasteiger partial charge in [0.05, 0.1) is 17.9 Å². The van der Waals surface area contributed by atoms with Gasteiger partial charge < -0.3 is 5.73 Å². The molecule has 2 heterocycles. The molecule has 0 aliphatic rings. The monoisotopic (exact) mass is 225 g/mol. The first kappa shape index (κ1) is 10.0. The van der Waals surface area contributed by atoms with Gasteiger partial charge in [-0.25, -0.2) is 0 Å². The standard InChI is InChI=1S/C9H12ClN5/c1-6-3-7(14(2)12-6)4-15-5-8(10)9(11)13-15/h3,5H,4H2,1-2H3,(H2,11,13). The number of nitrogen functional groups attached to an aromatic ring is 1. The molecule has 0 aromatic carbocycles. The Morgan fingerprint density at radius 3 is 2.67 bits per heavy atom. The lowest BCUT2D eigenvalue weighted by Gasteiger charge is -2.01. The molecule has 0 unspecified atom stereocenters. The van der Waals surface area contributed by atoms with E-state index in [4.69, 9.17) is 17.3 Å². The molecule has 0 bridgehead atoms. The highest BCUT2D eigenvalue weighted by Gasteiger charge is 2.06. The van der Waals surface area contributed by atoms with E-state index in [1.807, 2.05) is 24.7 Å². The average Bonchev–Trinajstić information content (AvgIpc) is 2.59. The molecular formula is C9H12ClN5. The van der Waals surface area contributed by atoms with E-state index in [2.05, 4.69) is 10.2 Å². The van der Waals surface area contributed by atoms with Crippen molar-refractivity contribution < 1.29 is 0 Å². The van der Waals surface area contributed by atoms with Gasteiger partial charge in [-0.05, 0) is 13.0 Å². The third kappa shape index (κ3) is 1.97. The van der Waals surface area contributed by atoms with Gasteiger partial charge in [-0.3, -0.25) is 9.36 Å². The van der Waals surface area contributed by atoms with Crippen molar-refractivity contribution in [2.45, 2.75) is 13.5 Å². The topological polar surface area (TPSA) is 61.7 Å². The number of nitrogens with zero attached hydrogens (tertiary/aromatic N) is 4. The maximum atomic E-state index is 5.81. The van der Waals surface area contributed by atoms with Crippen LogP contribution in [0.4, 0.5) is 5.82 Å². The predicted octanol–water partition coefficient (Wildman–Crippen LogP) is 1.21. The minimum Gasteiger partial charge on any atom is -0.381 e. The van der Waals surface area contributed by atoms with E-state index in [0.717, 1.165) is 11.4 Å². The Morgan fingerprint density at radius 2 is 2.20 bits per heavy atom. The first-order valence-electron chi connectivity index (χ1n) is 4.54. The fraction of sp³-hybridized carbons (Fsp3) is 0.333. The number of nitrogens with two attached hydrogens (primary N) is 1. The number of hydrogen-bond acceptors (Lipinski definition) is 3. The van der Waals surface area contributed by atoms with Gasteiger partial charge in [-0.15, -0.1) is 0 Å². The first-order chi connectivity index (χ1) is 7.06. The number of rotatable bonds is 2. The highest BCUT2D eigenvalue weighted by molar-refractivity contribution is 6.32. The van der Waals surface area contributed by atoms with Crippen LogP contribution in [0.5, 0.6) is 0 Å². The van der Waals surface area contributed by atoms with Crippen molar-refractivity contribution in [1.29, 1.82) is 0 Å². The van der Waals surface area contributed by atoms with E-state index >= 15 is 0 Å². The molecule has 0 saturated carbocycles. The van der Waals surface area contributed by atoms with Crippen LogP contribution in [0, 0.1) is 6.92 Å². The number of aromatic nitrogens is 4. The molecular weight excluding hydrogens is 214 g/mol. The summed E-state index contributed by atoms with van der Waals surface area (Å²) in [6.45, 7) is 2.57. The third-order valence-electron chi connectivity index (χ3n) is 2.17. The number of halogens is 1. The van der Waals surface area contributed by atoms with Gasteiger partial charge in [0.25, 0.3) is 0 Å². The molecule has 2 rings (SSSR count). The van der Waals surface area contributed by atoms with Gasteiger partial charge in [-0.1, -0.05) is 11.6 Å². The van der Waals surface area contributed by atoms with Gasteiger partial charge in [0.2, 0.25) is 0 Å². The molecule has 0 fully saturated rings. The van der Waals surface area contributed by atoms with Crippen molar-refractivity contribution in [3.05, 3.63) is 28.7 Å². The molecule has 0 aliphatic carbocycles. The van der Waals surface area contributed by atoms with Crippen molar-refractivity contribution >= 4 is 17.4 Å². The zero-order chi connectivity index (χ0) is 11.0. The molecule has 6 heteroatoms. The lowest BCUT2D eigenvalue weighted by Crippen LogP contribution is -2.06. The summed E-state index contributed by atoms with van der Waals surface area (Å²) in [6.07, 6.45) is 1.71. The van der Waals surface area contributed by atoms with Crippen LogP contribution in [0.2, 0.25) is 5.02 Å². The zero-order valence-electron chi connectivity index (χ0n) is 8.61. The second-order valence-corrected chi connectivity index (χ2v) is 3.87. The Labute approximate surface area is 92.4 Å². The summed E-state index contributed by atoms with van der Waals surface area (Å²) in [6, 6.07) is 2.01. The summed E-state index contributed by atoms with van der Waals surface area (Å²) in [5.41, 5.74) is 7.60. The van der Waals surface area contributed by atoms with E-state index in [9.17, 15) is 0 Å². The van der Waals surface area contributed by atoms with E-state index in [1.165, 1.54) is 0 Å². The van der Waals surface area contributed by atoms with Crippen molar-refractivity contribution in [3.63, 3.8) is 0 Å². The Bertz CT molecular complexity index is 465. The van der Waals surface area contributed by atoms with Crippen LogP contribution in [0.1, 0.15) is 11.4 Å². The SMILES string of the molecule is Cc1cc(Cn2cc(Cl)c(N)n2)n(C)n1. The molecule has 80 valence electrons. The fourth-order valence-electron chi connectivity index (χ4n) is 1.47. The summed E-state index contributed by atoms with van der Waals surface area (Å²) < 4.78 is 3.52. The van der Waals surface area contributed by atoms with E-state index in [0.29, 0.717) is 17.4 Å². The normalized spacial score (nSPS) is 10.9. The Morgan fingerprint density at radius 1 is 1.47 bits per heavy atom. The highest BCUT2D eigenvalue weighted by Crippen LogP contribution is 2.16. The van der Waals surface area contributed by atoms with Crippen LogP contribution in [0.25, 0.3) is 0 Å². The van der Waals surface area contributed by atoms with Crippen LogP contribution in [-0.4, -0.2) is 19.6 Å². The Balaban J connectivity index is 2.25. The summed E-state index contributed by atoms with van der Waals surface area (Å²) in [4.78, 5) is 0. The zero-order valence-corrected chi connectivity index (χ0v) is 9.36. The smallest absolute Gasteiger partial charge is 0.164 e. The van der Waals surface area contributed by atoms with Crippen molar-refractivity contribution in [2.24, 2.45) is 7.05 Å². The van der Waals surface area contributed by atoms with Crippen LogP contribution in [0.3, 0.4) is 0 Å². The second-order valence-electron chi connectivity index (χ2n) is 3.46. The number of anilines is 1. The summed E-state index contributed by atoms with van der Waals surface area (Å²) >= 11 is 5.81. The molecule has 0 atom stereocenters. The minimum absolute atomic E-state index is 0.357. The second kappa shape index (κ2) is 3.58. The predicted molar refractivity (Wildman–Crippen MR) is 58.7 cm³/mol. The van der Waals surface area contributed by atoms with Gasteiger partial charge in [0.1, 0.15) is 5.02 Å². The Hall–Kier alpha value is -1.49. The Kier molecular flexibility index (Phi) is 2.40. The third-order valence-corrected chi connectivity index (χ3v) is 2.46. The molecule has 0 amide bonds. The number of hydrogen-bond donors (Lipinski definition) is 1. The fourth-order valence-corrected chi connectivity index (χ4v) is 1.62. The van der Waals surface area contributed by atoms with Gasteiger partial charge >= 0.3 is 0 Å². The van der Waals surface area contributed by atoms with Crippen LogP contribution >= 0.6 is 11.6 Å². The van der Waals surface area contributed by atoms with Gasteiger partial charge in [-0.2, -0.15) is 10.2 Å². The average molecular weight is 226 g/mol. The summed E-state index contributed by atoms with van der Waals surface area (Å²) in [5.74, 6) is 0.357. The molecule has 2 N–H and O–H groups in total. The van der Waals surface area contributed by atoms with Gasteiger partial charge in [0.15, 0.2) is 5.82 Å². The molecule has 2 aromatic heterocycles. The van der Waals surface area contributed by atoms with E-state index in [1.54, 1.807) is 10.9 Å². The summed E-state index contributed by atoms with van der Waals surface area (Å²) in [5, 5.41) is 8.81. The maximum absolute atomic E-state index is 5.81. The van der Waals surface area contributed by atoms with E-state index < -0.39 is 0 Å². The molecule has 0 spiro atoms. The van der Waals surface area contributed by atoms with Crippen LogP contribution in [-0.2, 0) is 13.6 Å². The van der Waals surface area contributed by atoms with Gasteiger partial charge in [0, 0.05) is 13.2 Å². The lowest BCUT2D eigenvalue weighted by atomic mass is 10.4. The molecule has 15 heavy (non-hydrogen) atoms. The first-order valence-corrected chi connectivity index (χ1v) is 4.92. The molecule has 5 nitrogen and oxygen atoms in total. The van der Waals surface area contributed by atoms with Crippen LogP contribution in [0.15, 0.2) is 12.3 Å². The van der Waals surface area contributed by atoms with Crippen molar-refractivity contribution in [2.75, 3.05) is 5.73 Å². The minimum atomic E-state index is 0.357. The van der Waals surface area contributed by atoms with Crippen LogP contribution < -0.4 is 5.73 Å². The van der Waals surface area contributed by atoms with Crippen molar-refractivity contribution in [3.8, 4) is 0 Å². The largest absolute Gasteiger partial charge is 0.381 e. The quantitative estimate of drug-likeness (QED) is 0.836. The highest BCUT2D eigenvalue weighted by atomic mass is 35.5. The lowest BCUT2D eigenvalue weighted by molar-refractivity contribution is 0.620. The maximum Gasteiger partial charge on any atom is 0.164 e. The summed E-state index contributed by atoms with van der Waals surface area (Å²) in [7, 11) is 1.90. The van der Waals surface area contributed by atoms with E-state index in [-0.39, 0.29) is 0 Å². The molecule has 0 radical (unpaired) electrons. The molecule has 0 aliphatic heterocycles. The molecule has 2 aromatic rings. The molecule has 0 saturated heterocycles. The van der Waals surface area contributed by atoms with Crippen molar-refractivity contribution in [1.82, 2.24) is 19.6 Å². The number of aryl methyl sites for hydroxylation is 2.